The van der Waals surface area contributed by atoms with Crippen LogP contribution in [0.25, 0.3) is 11.1 Å². The topological polar surface area (TPSA) is 46.5 Å². The number of carbonyl (C=O) groups excluding carboxylic acids is 1. The molecule has 0 radical (unpaired) electrons. The van der Waals surface area contributed by atoms with E-state index < -0.39 is 0 Å². The van der Waals surface area contributed by atoms with Crippen molar-refractivity contribution in [3.8, 4) is 22.6 Å². The highest BCUT2D eigenvalue weighted by Crippen LogP contribution is 2.34. The fourth-order valence-corrected chi connectivity index (χ4v) is 2.79. The summed E-state index contributed by atoms with van der Waals surface area (Å²) in [5.41, 5.74) is 1.93. The summed E-state index contributed by atoms with van der Waals surface area (Å²) in [6, 6.07) is 12.5. The molecule has 128 valence electrons. The number of unbranched alkanes of at least 4 members (excludes halogenated alkanes) is 1. The largest absolute Gasteiger partial charge is 0.507 e. The fourth-order valence-electron chi connectivity index (χ4n) is 2.79. The van der Waals surface area contributed by atoms with E-state index in [1.165, 1.54) is 19.3 Å². The van der Waals surface area contributed by atoms with Gasteiger partial charge in [0.2, 0.25) is 0 Å². The van der Waals surface area contributed by atoms with E-state index in [1.54, 1.807) is 18.2 Å². The van der Waals surface area contributed by atoms with E-state index in [-0.39, 0.29) is 5.75 Å². The van der Waals surface area contributed by atoms with Gasteiger partial charge in [0.15, 0.2) is 6.29 Å². The molecule has 2 rings (SSSR count). The molecule has 0 saturated carbocycles. The lowest BCUT2D eigenvalue weighted by molar-refractivity contribution is 0.112. The molecule has 2 aromatic carbocycles. The number of rotatable bonds is 9. The first-order valence-electron chi connectivity index (χ1n) is 8.70. The molecule has 1 N–H and O–H groups in total. The number of hydrogen-bond donors (Lipinski definition) is 1. The second-order valence-corrected chi connectivity index (χ2v) is 6.11. The Balaban J connectivity index is 2.11. The molecule has 0 fully saturated rings. The van der Waals surface area contributed by atoms with Crippen molar-refractivity contribution >= 4 is 6.29 Å². The molecule has 2 aromatic rings. The Morgan fingerprint density at radius 1 is 1.12 bits per heavy atom. The summed E-state index contributed by atoms with van der Waals surface area (Å²) < 4.78 is 5.85. The molecule has 0 spiro atoms. The Hall–Kier alpha value is -2.29. The second kappa shape index (κ2) is 9.11. The van der Waals surface area contributed by atoms with Gasteiger partial charge in [-0.05, 0) is 30.0 Å². The van der Waals surface area contributed by atoms with Crippen molar-refractivity contribution in [2.45, 2.75) is 39.5 Å². The molecule has 0 aliphatic rings. The van der Waals surface area contributed by atoms with Gasteiger partial charge in [-0.2, -0.15) is 0 Å². The summed E-state index contributed by atoms with van der Waals surface area (Å²) in [5.74, 6) is 1.33. The van der Waals surface area contributed by atoms with Crippen LogP contribution in [0.5, 0.6) is 11.5 Å². The third-order valence-electron chi connectivity index (χ3n) is 4.38. The van der Waals surface area contributed by atoms with Gasteiger partial charge < -0.3 is 9.84 Å². The summed E-state index contributed by atoms with van der Waals surface area (Å²) in [4.78, 5) is 11.2. The fraction of sp³-hybridized carbons (Fsp3) is 0.381. The zero-order valence-electron chi connectivity index (χ0n) is 14.5. The van der Waals surface area contributed by atoms with Crippen LogP contribution in [0.3, 0.4) is 0 Å². The second-order valence-electron chi connectivity index (χ2n) is 6.11. The van der Waals surface area contributed by atoms with Crippen molar-refractivity contribution in [1.29, 1.82) is 0 Å². The molecule has 1 unspecified atom stereocenters. The highest BCUT2D eigenvalue weighted by atomic mass is 16.5. The van der Waals surface area contributed by atoms with Crippen molar-refractivity contribution in [2.24, 2.45) is 5.92 Å². The number of phenolic OH excluding ortho intramolecular Hbond substituents is 1. The van der Waals surface area contributed by atoms with Crippen LogP contribution in [-0.2, 0) is 0 Å². The minimum Gasteiger partial charge on any atom is -0.507 e. The minimum atomic E-state index is 0.128. The van der Waals surface area contributed by atoms with E-state index in [1.807, 2.05) is 24.3 Å². The maximum atomic E-state index is 11.2. The molecule has 3 nitrogen and oxygen atoms in total. The van der Waals surface area contributed by atoms with Gasteiger partial charge in [0.25, 0.3) is 0 Å². The number of aldehydes is 1. The Kier molecular flexibility index (Phi) is 6.86. The molecule has 0 bridgehead atoms. The summed E-state index contributed by atoms with van der Waals surface area (Å²) in [7, 11) is 0. The SMILES string of the molecule is CCCCC(CC)COc1ccc(-c2ccccc2C=O)c(O)c1. The van der Waals surface area contributed by atoms with Crippen molar-refractivity contribution in [3.05, 3.63) is 48.0 Å². The third kappa shape index (κ3) is 4.60. The quantitative estimate of drug-likeness (QED) is 0.622. The molecule has 0 aromatic heterocycles. The first-order valence-corrected chi connectivity index (χ1v) is 8.70. The van der Waals surface area contributed by atoms with E-state index in [2.05, 4.69) is 13.8 Å². The molecule has 0 amide bonds. The average Bonchev–Trinajstić information content (AvgIpc) is 2.62. The van der Waals surface area contributed by atoms with E-state index >= 15 is 0 Å². The lowest BCUT2D eigenvalue weighted by Gasteiger charge is -2.16. The monoisotopic (exact) mass is 326 g/mol. The Bertz CT molecular complexity index is 664. The maximum Gasteiger partial charge on any atom is 0.150 e. The van der Waals surface area contributed by atoms with Crippen LogP contribution in [0.15, 0.2) is 42.5 Å². The molecular formula is C21H26O3. The predicted octanol–water partition coefficient (Wildman–Crippen LogP) is 5.47. The molecule has 24 heavy (non-hydrogen) atoms. The Morgan fingerprint density at radius 2 is 1.92 bits per heavy atom. The van der Waals surface area contributed by atoms with Gasteiger partial charge in [0, 0.05) is 17.2 Å². The van der Waals surface area contributed by atoms with Crippen LogP contribution in [0, 0.1) is 5.92 Å². The standard InChI is InChI=1S/C21H26O3/c1-3-5-8-16(4-2)15-24-18-11-12-20(21(23)13-18)19-10-7-6-9-17(19)14-22/h6-7,9-14,16,23H,3-5,8,15H2,1-2H3. The molecule has 0 heterocycles. The first kappa shape index (κ1) is 18.1. The first-order chi connectivity index (χ1) is 11.7. The van der Waals surface area contributed by atoms with Crippen molar-refractivity contribution < 1.29 is 14.6 Å². The smallest absolute Gasteiger partial charge is 0.150 e. The van der Waals surface area contributed by atoms with E-state index in [0.29, 0.717) is 29.4 Å². The van der Waals surface area contributed by atoms with Crippen LogP contribution < -0.4 is 4.74 Å². The molecule has 0 aliphatic heterocycles. The highest BCUT2D eigenvalue weighted by molar-refractivity contribution is 5.89. The predicted molar refractivity (Wildman–Crippen MR) is 97.7 cm³/mol. The normalized spacial score (nSPS) is 11.9. The number of hydrogen-bond acceptors (Lipinski definition) is 3. The summed E-state index contributed by atoms with van der Waals surface area (Å²) in [5, 5.41) is 10.3. The van der Waals surface area contributed by atoms with Gasteiger partial charge in [-0.3, -0.25) is 4.79 Å². The van der Waals surface area contributed by atoms with Gasteiger partial charge >= 0.3 is 0 Å². The molecule has 1 atom stereocenters. The number of aromatic hydroxyl groups is 1. The van der Waals surface area contributed by atoms with Gasteiger partial charge in [-0.1, -0.05) is 57.4 Å². The van der Waals surface area contributed by atoms with Gasteiger partial charge in [-0.25, -0.2) is 0 Å². The van der Waals surface area contributed by atoms with Crippen molar-refractivity contribution in [3.63, 3.8) is 0 Å². The van der Waals surface area contributed by atoms with Gasteiger partial charge in [0.05, 0.1) is 6.61 Å². The highest BCUT2D eigenvalue weighted by Gasteiger charge is 2.11. The third-order valence-corrected chi connectivity index (χ3v) is 4.38. The molecular weight excluding hydrogens is 300 g/mol. The number of ether oxygens (including phenoxy) is 1. The summed E-state index contributed by atoms with van der Waals surface area (Å²) in [6.07, 6.45) is 5.48. The molecule has 0 aliphatic carbocycles. The summed E-state index contributed by atoms with van der Waals surface area (Å²) in [6.45, 7) is 5.04. The molecule has 0 saturated heterocycles. The maximum absolute atomic E-state index is 11.2. The number of phenols is 1. The van der Waals surface area contributed by atoms with Crippen LogP contribution in [0.2, 0.25) is 0 Å². The lowest BCUT2D eigenvalue weighted by atomic mass is 9.99. The number of carbonyl (C=O) groups is 1. The van der Waals surface area contributed by atoms with E-state index in [0.717, 1.165) is 18.3 Å². The van der Waals surface area contributed by atoms with E-state index in [4.69, 9.17) is 4.74 Å². The Labute approximate surface area is 144 Å². The average molecular weight is 326 g/mol. The lowest BCUT2D eigenvalue weighted by Crippen LogP contribution is -2.11. The van der Waals surface area contributed by atoms with Gasteiger partial charge in [-0.15, -0.1) is 0 Å². The zero-order chi connectivity index (χ0) is 17.4. The van der Waals surface area contributed by atoms with E-state index in [9.17, 15) is 9.90 Å². The van der Waals surface area contributed by atoms with Crippen molar-refractivity contribution in [1.82, 2.24) is 0 Å². The number of benzene rings is 2. The van der Waals surface area contributed by atoms with Crippen LogP contribution in [0.4, 0.5) is 0 Å². The minimum absolute atomic E-state index is 0.128. The summed E-state index contributed by atoms with van der Waals surface area (Å²) >= 11 is 0. The van der Waals surface area contributed by atoms with Crippen LogP contribution in [0.1, 0.15) is 49.9 Å². The van der Waals surface area contributed by atoms with Crippen molar-refractivity contribution in [2.75, 3.05) is 6.61 Å². The zero-order valence-corrected chi connectivity index (χ0v) is 14.5. The Morgan fingerprint density at radius 3 is 2.58 bits per heavy atom. The van der Waals surface area contributed by atoms with Gasteiger partial charge in [0.1, 0.15) is 11.5 Å². The van der Waals surface area contributed by atoms with Crippen LogP contribution in [-0.4, -0.2) is 18.0 Å². The van der Waals surface area contributed by atoms with Crippen LogP contribution >= 0.6 is 0 Å². The molecule has 3 heteroatoms.